The lowest BCUT2D eigenvalue weighted by atomic mass is 9.72. The molecule has 0 fully saturated rings. The van der Waals surface area contributed by atoms with E-state index in [2.05, 4.69) is 0 Å². The molecular formula is C13H19FN2O2. The van der Waals surface area contributed by atoms with Crippen molar-refractivity contribution in [3.8, 4) is 0 Å². The average molecular weight is 254 g/mol. The molecule has 0 radical (unpaired) electrons. The molecule has 18 heavy (non-hydrogen) atoms. The minimum Gasteiger partial charge on any atom is -0.481 e. The van der Waals surface area contributed by atoms with Gasteiger partial charge in [0, 0.05) is 12.2 Å². The Balaban J connectivity index is 3.18. The van der Waals surface area contributed by atoms with Gasteiger partial charge in [-0.05, 0) is 36.1 Å². The molecule has 0 aromatic heterocycles. The highest BCUT2D eigenvalue weighted by atomic mass is 19.1. The van der Waals surface area contributed by atoms with E-state index in [4.69, 9.17) is 11.5 Å². The van der Waals surface area contributed by atoms with Crippen LogP contribution in [0.15, 0.2) is 18.2 Å². The second kappa shape index (κ2) is 5.35. The van der Waals surface area contributed by atoms with Crippen molar-refractivity contribution < 1.29 is 14.3 Å². The van der Waals surface area contributed by atoms with Crippen LogP contribution >= 0.6 is 0 Å². The summed E-state index contributed by atoms with van der Waals surface area (Å²) in [6.07, 6.45) is 0.125. The molecule has 0 saturated heterocycles. The number of carboxylic acids is 1. The number of nitrogen functional groups attached to an aromatic ring is 1. The van der Waals surface area contributed by atoms with E-state index in [0.29, 0.717) is 11.3 Å². The number of hydrogen-bond acceptors (Lipinski definition) is 3. The molecule has 0 bridgehead atoms. The molecular weight excluding hydrogens is 235 g/mol. The first-order chi connectivity index (χ1) is 8.33. The highest BCUT2D eigenvalue weighted by Gasteiger charge is 2.41. The van der Waals surface area contributed by atoms with Gasteiger partial charge in [0.1, 0.15) is 5.82 Å². The summed E-state index contributed by atoms with van der Waals surface area (Å²) in [6, 6.07) is 3.96. The van der Waals surface area contributed by atoms with Crippen molar-refractivity contribution >= 4 is 11.7 Å². The van der Waals surface area contributed by atoms with E-state index >= 15 is 0 Å². The molecule has 4 nitrogen and oxygen atoms in total. The van der Waals surface area contributed by atoms with Gasteiger partial charge in [0.25, 0.3) is 0 Å². The van der Waals surface area contributed by atoms with Crippen molar-refractivity contribution in [2.75, 3.05) is 12.3 Å². The van der Waals surface area contributed by atoms with Crippen molar-refractivity contribution in [2.24, 2.45) is 17.1 Å². The van der Waals surface area contributed by atoms with Crippen LogP contribution in [0, 0.1) is 17.2 Å². The van der Waals surface area contributed by atoms with E-state index in [1.165, 1.54) is 18.2 Å². The Hall–Kier alpha value is -1.62. The molecule has 1 aromatic rings. The van der Waals surface area contributed by atoms with Crippen LogP contribution in [-0.4, -0.2) is 17.6 Å². The van der Waals surface area contributed by atoms with Gasteiger partial charge in [0.15, 0.2) is 0 Å². The molecule has 0 aliphatic rings. The summed E-state index contributed by atoms with van der Waals surface area (Å²) in [5.74, 6) is -1.59. The Morgan fingerprint density at radius 2 is 2.11 bits per heavy atom. The number of carbonyl (C=O) groups is 1. The summed E-state index contributed by atoms with van der Waals surface area (Å²) in [6.45, 7) is 3.56. The average Bonchev–Trinajstić information content (AvgIpc) is 2.29. The van der Waals surface area contributed by atoms with Crippen LogP contribution in [0.3, 0.4) is 0 Å². The quantitative estimate of drug-likeness (QED) is 0.697. The molecule has 0 aliphatic carbocycles. The minimum atomic E-state index is -1.12. The van der Waals surface area contributed by atoms with Gasteiger partial charge in [-0.1, -0.05) is 13.8 Å². The highest BCUT2D eigenvalue weighted by molar-refractivity contribution is 5.76. The minimum absolute atomic E-state index is 0.0179. The predicted octanol–water partition coefficient (Wildman–Crippen LogP) is 1.64. The van der Waals surface area contributed by atoms with Crippen LogP contribution in [0.25, 0.3) is 0 Å². The van der Waals surface area contributed by atoms with E-state index in [0.717, 1.165) is 0 Å². The van der Waals surface area contributed by atoms with Crippen molar-refractivity contribution in [3.63, 3.8) is 0 Å². The lowest BCUT2D eigenvalue weighted by Crippen LogP contribution is -2.45. The van der Waals surface area contributed by atoms with Gasteiger partial charge in [0.2, 0.25) is 0 Å². The maximum Gasteiger partial charge on any atom is 0.311 e. The normalized spacial score (nSPS) is 14.5. The Labute approximate surface area is 106 Å². The Morgan fingerprint density at radius 3 is 2.56 bits per heavy atom. The molecule has 5 heteroatoms. The first-order valence-electron chi connectivity index (χ1n) is 5.81. The van der Waals surface area contributed by atoms with Crippen LogP contribution in [0.1, 0.15) is 19.4 Å². The molecule has 0 heterocycles. The van der Waals surface area contributed by atoms with Crippen molar-refractivity contribution in [2.45, 2.75) is 20.3 Å². The van der Waals surface area contributed by atoms with E-state index in [1.54, 1.807) is 13.8 Å². The molecule has 0 saturated carbocycles. The van der Waals surface area contributed by atoms with E-state index < -0.39 is 17.2 Å². The van der Waals surface area contributed by atoms with Crippen molar-refractivity contribution in [1.82, 2.24) is 0 Å². The Bertz CT molecular complexity index is 449. The number of rotatable bonds is 5. The Morgan fingerprint density at radius 1 is 1.50 bits per heavy atom. The number of nitrogens with two attached hydrogens (primary N) is 2. The van der Waals surface area contributed by atoms with E-state index in [-0.39, 0.29) is 18.9 Å². The SMILES string of the molecule is CC(C)C(CN)(Cc1cc(F)ccc1N)C(=O)O. The number of aliphatic carboxylic acids is 1. The van der Waals surface area contributed by atoms with Crippen LogP contribution in [0.2, 0.25) is 0 Å². The van der Waals surface area contributed by atoms with Gasteiger partial charge in [0.05, 0.1) is 5.41 Å². The van der Waals surface area contributed by atoms with Gasteiger partial charge in [-0.15, -0.1) is 0 Å². The summed E-state index contributed by atoms with van der Waals surface area (Å²) >= 11 is 0. The Kier molecular flexibility index (Phi) is 4.29. The zero-order valence-corrected chi connectivity index (χ0v) is 10.6. The van der Waals surface area contributed by atoms with Crippen molar-refractivity contribution in [1.29, 1.82) is 0 Å². The zero-order valence-electron chi connectivity index (χ0n) is 10.6. The second-order valence-corrected chi connectivity index (χ2v) is 4.84. The third kappa shape index (κ3) is 2.61. The lowest BCUT2D eigenvalue weighted by Gasteiger charge is -2.32. The number of halogens is 1. The topological polar surface area (TPSA) is 89.3 Å². The summed E-state index contributed by atoms with van der Waals surface area (Å²) in [5.41, 5.74) is 11.1. The number of anilines is 1. The zero-order chi connectivity index (χ0) is 13.9. The molecule has 5 N–H and O–H groups in total. The summed E-state index contributed by atoms with van der Waals surface area (Å²) in [4.78, 5) is 11.5. The third-order valence-corrected chi connectivity index (χ3v) is 3.51. The molecule has 100 valence electrons. The van der Waals surface area contributed by atoms with Crippen LogP contribution in [-0.2, 0) is 11.2 Å². The molecule has 1 rings (SSSR count). The van der Waals surface area contributed by atoms with E-state index in [9.17, 15) is 14.3 Å². The first-order valence-corrected chi connectivity index (χ1v) is 5.81. The summed E-state index contributed by atoms with van der Waals surface area (Å²) in [7, 11) is 0. The van der Waals surface area contributed by atoms with Gasteiger partial charge in [-0.25, -0.2) is 4.39 Å². The van der Waals surface area contributed by atoms with Crippen molar-refractivity contribution in [3.05, 3.63) is 29.6 Å². The predicted molar refractivity (Wildman–Crippen MR) is 68.5 cm³/mol. The first kappa shape index (κ1) is 14.4. The summed E-state index contributed by atoms with van der Waals surface area (Å²) < 4.78 is 13.2. The van der Waals surface area contributed by atoms with Gasteiger partial charge in [-0.2, -0.15) is 0 Å². The molecule has 0 spiro atoms. The molecule has 1 aromatic carbocycles. The van der Waals surface area contributed by atoms with E-state index in [1.807, 2.05) is 0 Å². The number of carboxylic acid groups (broad SMARTS) is 1. The molecule has 1 unspecified atom stereocenters. The standard InChI is InChI=1S/C13H19FN2O2/c1-8(2)13(7-15,12(17)18)6-9-5-10(14)3-4-11(9)16/h3-5,8H,6-7,15-16H2,1-2H3,(H,17,18). The van der Waals surface area contributed by atoms with Gasteiger partial charge < -0.3 is 16.6 Å². The second-order valence-electron chi connectivity index (χ2n) is 4.84. The fourth-order valence-corrected chi connectivity index (χ4v) is 1.99. The van der Waals surface area contributed by atoms with Crippen LogP contribution < -0.4 is 11.5 Å². The maximum absolute atomic E-state index is 13.2. The smallest absolute Gasteiger partial charge is 0.311 e. The number of benzene rings is 1. The summed E-state index contributed by atoms with van der Waals surface area (Å²) in [5, 5.41) is 9.40. The third-order valence-electron chi connectivity index (χ3n) is 3.51. The molecule has 1 atom stereocenters. The lowest BCUT2D eigenvalue weighted by molar-refractivity contribution is -0.151. The molecule has 0 aliphatic heterocycles. The van der Waals surface area contributed by atoms with Gasteiger partial charge in [-0.3, -0.25) is 4.79 Å². The van der Waals surface area contributed by atoms with Gasteiger partial charge >= 0.3 is 5.97 Å². The monoisotopic (exact) mass is 254 g/mol. The van der Waals surface area contributed by atoms with Crippen LogP contribution in [0.5, 0.6) is 0 Å². The fourth-order valence-electron chi connectivity index (χ4n) is 1.99. The fraction of sp³-hybridized carbons (Fsp3) is 0.462. The van der Waals surface area contributed by atoms with Crippen LogP contribution in [0.4, 0.5) is 10.1 Å². The number of hydrogen-bond donors (Lipinski definition) is 3. The molecule has 0 amide bonds. The maximum atomic E-state index is 13.2. The highest BCUT2D eigenvalue weighted by Crippen LogP contribution is 2.33. The largest absolute Gasteiger partial charge is 0.481 e.